The van der Waals surface area contributed by atoms with E-state index in [1.807, 2.05) is 6.92 Å². The number of alkyl carbamates (subject to hydrolysis) is 1. The number of nitrogens with zero attached hydrogens (tertiary/aromatic N) is 3. The molecular weight excluding hydrogens is 502 g/mol. The maximum absolute atomic E-state index is 13.5. The Balaban J connectivity index is 1.59. The van der Waals surface area contributed by atoms with Gasteiger partial charge in [0.15, 0.2) is 0 Å². The van der Waals surface area contributed by atoms with E-state index < -0.39 is 37.0 Å². The third kappa shape index (κ3) is 7.93. The molecule has 1 aromatic carbocycles. The predicted molar refractivity (Wildman–Crippen MR) is 146 cm³/mol. The van der Waals surface area contributed by atoms with Crippen molar-refractivity contribution >= 4 is 19.1 Å². The predicted octanol–water partition coefficient (Wildman–Crippen LogP) is 2.75. The van der Waals surface area contributed by atoms with E-state index in [-0.39, 0.29) is 35.7 Å². The smallest absolute Gasteiger partial charge is 0.444 e. The summed E-state index contributed by atoms with van der Waals surface area (Å²) in [5.41, 5.74) is 0.465. The largest absolute Gasteiger partial charge is 0.475 e. The topological polar surface area (TPSA) is 126 Å². The van der Waals surface area contributed by atoms with E-state index in [2.05, 4.69) is 44.0 Å². The van der Waals surface area contributed by atoms with Crippen LogP contribution < -0.4 is 5.32 Å². The Morgan fingerprint density at radius 1 is 1.28 bits per heavy atom. The number of amides is 2. The molecule has 0 aromatic heterocycles. The summed E-state index contributed by atoms with van der Waals surface area (Å²) in [6.07, 6.45) is 0.863. The fourth-order valence-corrected chi connectivity index (χ4v) is 5.55. The lowest BCUT2D eigenvalue weighted by molar-refractivity contribution is -0.140. The van der Waals surface area contributed by atoms with Crippen LogP contribution in [0, 0.1) is 34.4 Å². The summed E-state index contributed by atoms with van der Waals surface area (Å²) < 4.78 is 18.7. The molecule has 0 aliphatic carbocycles. The molecule has 2 unspecified atom stereocenters. The Labute approximate surface area is 231 Å². The molecule has 0 radical (unpaired) electrons. The van der Waals surface area contributed by atoms with Crippen LogP contribution in [-0.2, 0) is 16.0 Å². The lowest BCUT2D eigenvalue weighted by Crippen LogP contribution is -2.54. The Morgan fingerprint density at radius 2 is 1.95 bits per heavy atom. The van der Waals surface area contributed by atoms with E-state index in [1.165, 1.54) is 24.3 Å². The number of hydrogen-bond donors (Lipinski definition) is 3. The van der Waals surface area contributed by atoms with E-state index in [0.29, 0.717) is 24.9 Å². The van der Waals surface area contributed by atoms with Gasteiger partial charge in [-0.3, -0.25) is 9.69 Å². The zero-order chi connectivity index (χ0) is 29.0. The molecule has 2 fully saturated rings. The van der Waals surface area contributed by atoms with Gasteiger partial charge in [-0.1, -0.05) is 32.9 Å². The van der Waals surface area contributed by atoms with Crippen LogP contribution in [0.1, 0.15) is 59.4 Å². The van der Waals surface area contributed by atoms with E-state index in [0.717, 1.165) is 19.5 Å². The average molecular weight is 544 g/mol. The summed E-state index contributed by atoms with van der Waals surface area (Å²) in [6, 6.07) is 7.76. The molecule has 2 heterocycles. The molecular formula is C28H42BFN4O5. The van der Waals surface area contributed by atoms with Crippen molar-refractivity contribution in [2.75, 3.05) is 26.2 Å². The van der Waals surface area contributed by atoms with E-state index >= 15 is 0 Å². The van der Waals surface area contributed by atoms with Gasteiger partial charge in [0.1, 0.15) is 17.8 Å². The third-order valence-corrected chi connectivity index (χ3v) is 8.51. The maximum atomic E-state index is 13.5. The minimum absolute atomic E-state index is 0.0635. The minimum atomic E-state index is -1.85. The standard InChI is InChI=1S/C28H42BFN4O5/c1-19(28(4,5)34-14-12-27(2,3)18-34)23(16-31)25(35)33-13-6-7-22(17-33)39-26(36)32-24(29(37)38)15-20-8-10-21(30)11-9-20/h8-11,19,22-24,37-38H,6-7,12-15,17-18H2,1-5H3,(H,32,36)/t19?,22-,23?,24-/m0/s1. The molecule has 214 valence electrons. The van der Waals surface area contributed by atoms with Crippen LogP contribution in [0.5, 0.6) is 0 Å². The first kappa shape index (κ1) is 30.9. The second-order valence-electron chi connectivity index (χ2n) is 12.3. The summed E-state index contributed by atoms with van der Waals surface area (Å²) in [7, 11) is -1.85. The van der Waals surface area contributed by atoms with E-state index in [4.69, 9.17) is 4.74 Å². The van der Waals surface area contributed by atoms with Crippen LogP contribution in [0.15, 0.2) is 24.3 Å². The molecule has 0 bridgehead atoms. The van der Waals surface area contributed by atoms with Gasteiger partial charge in [-0.2, -0.15) is 5.26 Å². The number of benzene rings is 1. The molecule has 39 heavy (non-hydrogen) atoms. The second-order valence-corrected chi connectivity index (χ2v) is 12.3. The molecule has 3 N–H and O–H groups in total. The van der Waals surface area contributed by atoms with Crippen molar-refractivity contribution < 1.29 is 28.8 Å². The SMILES string of the molecule is CC(C(C#N)C(=O)N1CCC[C@H](OC(=O)N[C@@H](Cc2ccc(F)cc2)B(O)O)C1)C(C)(C)N1CCC(C)(C)C1. The number of ether oxygens (including phenoxy) is 1. The first-order chi connectivity index (χ1) is 18.2. The molecule has 3 rings (SSSR count). The quantitative estimate of drug-likeness (QED) is 0.408. The fraction of sp³-hybridized carbons (Fsp3) is 0.679. The minimum Gasteiger partial charge on any atom is -0.444 e. The molecule has 2 saturated heterocycles. The van der Waals surface area contributed by atoms with Gasteiger partial charge in [0.2, 0.25) is 5.91 Å². The normalized spacial score (nSPS) is 21.9. The zero-order valence-electron chi connectivity index (χ0n) is 23.7. The second kappa shape index (κ2) is 12.7. The fourth-order valence-electron chi connectivity index (χ4n) is 5.55. The van der Waals surface area contributed by atoms with Crippen LogP contribution in [0.25, 0.3) is 0 Å². The molecule has 2 aliphatic heterocycles. The van der Waals surface area contributed by atoms with Crippen LogP contribution >= 0.6 is 0 Å². The Hall–Kier alpha value is -2.68. The van der Waals surface area contributed by atoms with Crippen LogP contribution in [0.3, 0.4) is 0 Å². The Morgan fingerprint density at radius 3 is 2.51 bits per heavy atom. The highest BCUT2D eigenvalue weighted by molar-refractivity contribution is 6.43. The van der Waals surface area contributed by atoms with Crippen LogP contribution in [0.2, 0.25) is 0 Å². The lowest BCUT2D eigenvalue weighted by atomic mass is 9.76. The number of piperidine rings is 1. The molecule has 2 aliphatic rings. The van der Waals surface area contributed by atoms with Crippen molar-refractivity contribution in [1.29, 1.82) is 5.26 Å². The summed E-state index contributed by atoms with van der Waals surface area (Å²) in [5, 5.41) is 32.0. The number of nitrogens with one attached hydrogen (secondary N) is 1. The molecule has 9 nitrogen and oxygen atoms in total. The summed E-state index contributed by atoms with van der Waals surface area (Å²) in [6.45, 7) is 13.1. The molecule has 2 amide bonds. The van der Waals surface area contributed by atoms with Gasteiger partial charge >= 0.3 is 13.2 Å². The van der Waals surface area contributed by atoms with Gasteiger partial charge in [-0.05, 0) is 75.1 Å². The zero-order valence-corrected chi connectivity index (χ0v) is 23.7. The van der Waals surface area contributed by atoms with E-state index in [9.17, 15) is 29.3 Å². The molecule has 11 heteroatoms. The van der Waals surface area contributed by atoms with Gasteiger partial charge in [0.05, 0.1) is 18.6 Å². The first-order valence-electron chi connectivity index (χ1n) is 13.7. The van der Waals surface area contributed by atoms with Crippen molar-refractivity contribution in [3.8, 4) is 6.07 Å². The van der Waals surface area contributed by atoms with Crippen molar-refractivity contribution in [2.24, 2.45) is 17.3 Å². The molecule has 0 spiro atoms. The van der Waals surface area contributed by atoms with Crippen molar-refractivity contribution in [3.63, 3.8) is 0 Å². The van der Waals surface area contributed by atoms with Crippen LogP contribution in [-0.4, -0.2) is 82.7 Å². The third-order valence-electron chi connectivity index (χ3n) is 8.51. The molecule has 4 atom stereocenters. The van der Waals surface area contributed by atoms with Crippen molar-refractivity contribution in [2.45, 2.75) is 77.9 Å². The van der Waals surface area contributed by atoms with Gasteiger partial charge < -0.3 is 25.0 Å². The number of carbonyl (C=O) groups is 2. The molecule has 0 saturated carbocycles. The number of carbonyl (C=O) groups excluding carboxylic acids is 2. The number of rotatable bonds is 9. The van der Waals surface area contributed by atoms with Gasteiger partial charge in [0, 0.05) is 18.6 Å². The Bertz CT molecular complexity index is 1050. The molecule has 1 aromatic rings. The number of nitriles is 1. The highest BCUT2D eigenvalue weighted by Crippen LogP contribution is 2.39. The van der Waals surface area contributed by atoms with Gasteiger partial charge in [-0.15, -0.1) is 0 Å². The monoisotopic (exact) mass is 544 g/mol. The van der Waals surface area contributed by atoms with Crippen molar-refractivity contribution in [3.05, 3.63) is 35.6 Å². The highest BCUT2D eigenvalue weighted by atomic mass is 19.1. The van der Waals surface area contributed by atoms with Gasteiger partial charge in [0.25, 0.3) is 0 Å². The average Bonchev–Trinajstić information content (AvgIpc) is 3.25. The summed E-state index contributed by atoms with van der Waals surface area (Å²) >= 11 is 0. The highest BCUT2D eigenvalue weighted by Gasteiger charge is 2.45. The van der Waals surface area contributed by atoms with Crippen LogP contribution in [0.4, 0.5) is 9.18 Å². The maximum Gasteiger partial charge on any atom is 0.475 e. The summed E-state index contributed by atoms with van der Waals surface area (Å²) in [5.74, 6) is -2.79. The lowest BCUT2D eigenvalue weighted by Gasteiger charge is -2.44. The number of hydrogen-bond acceptors (Lipinski definition) is 7. The van der Waals surface area contributed by atoms with E-state index in [1.54, 1.807) is 4.90 Å². The first-order valence-corrected chi connectivity index (χ1v) is 13.7. The van der Waals surface area contributed by atoms with Gasteiger partial charge in [-0.25, -0.2) is 9.18 Å². The number of likely N-dealkylation sites (tertiary alicyclic amines) is 2. The van der Waals surface area contributed by atoms with Crippen molar-refractivity contribution in [1.82, 2.24) is 15.1 Å². The number of halogens is 1. The summed E-state index contributed by atoms with van der Waals surface area (Å²) in [4.78, 5) is 30.1. The Kier molecular flexibility index (Phi) is 10.0.